The minimum Gasteiger partial charge on any atom is -0.507 e. The molecule has 0 unspecified atom stereocenters. The molecule has 4 aromatic rings. The predicted molar refractivity (Wildman–Crippen MR) is 170 cm³/mol. The Labute approximate surface area is 252 Å². The molecule has 2 heterocycles. The number of hydrogen-bond acceptors (Lipinski definition) is 4. The average molecular weight is 591 g/mol. The number of aromatic nitrogens is 2. The fourth-order valence-electron chi connectivity index (χ4n) is 6.11. The Balaban J connectivity index is 1.41. The lowest BCUT2D eigenvalue weighted by Crippen LogP contribution is -2.29. The number of aryl methyl sites for hydroxylation is 1. The molecule has 1 fully saturated rings. The average Bonchev–Trinajstić information content (AvgIpc) is 3.56. The van der Waals surface area contributed by atoms with E-state index in [1.54, 1.807) is 37.6 Å². The number of rotatable bonds is 10. The fourth-order valence-corrected chi connectivity index (χ4v) is 6.38. The van der Waals surface area contributed by atoms with Crippen molar-refractivity contribution in [1.82, 2.24) is 14.5 Å². The quantitative estimate of drug-likeness (QED) is 0.189. The van der Waals surface area contributed by atoms with Crippen LogP contribution in [0.15, 0.2) is 71.8 Å². The van der Waals surface area contributed by atoms with Gasteiger partial charge in [0.05, 0.1) is 10.7 Å². The molecule has 0 spiro atoms. The van der Waals surface area contributed by atoms with Gasteiger partial charge in [-0.15, -0.1) is 0 Å². The standard InChI is InChI=1S/C34H40ClFN4O2/c1-5-34(12-7-14-37-23(2)3)13-15-39(22-34)27-9-6-8-24(18-27)28-20-26(36)21-29(32(28)41)25-10-11-31(30(35)19-25)40-17-16-38(4)33(40)42/h6,8-11,16-21,23,37,41H,5,7,12-15,22H2,1-4H3/t34-/m0/s1. The molecule has 6 nitrogen and oxygen atoms in total. The summed E-state index contributed by atoms with van der Waals surface area (Å²) < 4.78 is 17.9. The molecular formula is C34H40ClFN4O2. The summed E-state index contributed by atoms with van der Waals surface area (Å²) in [7, 11) is 1.67. The molecule has 1 aliphatic rings. The van der Waals surface area contributed by atoms with Crippen LogP contribution in [-0.2, 0) is 7.05 Å². The summed E-state index contributed by atoms with van der Waals surface area (Å²) >= 11 is 6.57. The summed E-state index contributed by atoms with van der Waals surface area (Å²) in [5.41, 5.74) is 3.73. The van der Waals surface area contributed by atoms with E-state index in [0.29, 0.717) is 38.9 Å². The molecule has 1 aliphatic heterocycles. The van der Waals surface area contributed by atoms with Crippen molar-refractivity contribution < 1.29 is 9.50 Å². The maximum absolute atomic E-state index is 15.0. The number of anilines is 1. The second-order valence-electron chi connectivity index (χ2n) is 11.9. The molecule has 42 heavy (non-hydrogen) atoms. The van der Waals surface area contributed by atoms with Crippen LogP contribution in [0.2, 0.25) is 5.02 Å². The van der Waals surface area contributed by atoms with Gasteiger partial charge < -0.3 is 19.9 Å². The zero-order chi connectivity index (χ0) is 30.0. The summed E-state index contributed by atoms with van der Waals surface area (Å²) in [6, 6.07) is 16.3. The number of phenolic OH excluding ortho intramolecular Hbond substituents is 1. The van der Waals surface area contributed by atoms with E-state index < -0.39 is 5.82 Å². The molecule has 0 saturated carbocycles. The zero-order valence-electron chi connectivity index (χ0n) is 24.8. The highest BCUT2D eigenvalue weighted by Gasteiger charge is 2.36. The van der Waals surface area contributed by atoms with Crippen molar-refractivity contribution in [3.05, 3.63) is 88.3 Å². The lowest BCUT2D eigenvalue weighted by Gasteiger charge is -2.29. The van der Waals surface area contributed by atoms with Crippen LogP contribution in [0, 0.1) is 11.2 Å². The Morgan fingerprint density at radius 3 is 2.45 bits per heavy atom. The van der Waals surface area contributed by atoms with Gasteiger partial charge in [0.1, 0.15) is 11.6 Å². The van der Waals surface area contributed by atoms with E-state index in [1.807, 2.05) is 18.2 Å². The highest BCUT2D eigenvalue weighted by molar-refractivity contribution is 6.32. The van der Waals surface area contributed by atoms with Crippen molar-refractivity contribution in [3.8, 4) is 33.7 Å². The van der Waals surface area contributed by atoms with Crippen LogP contribution in [0.1, 0.15) is 46.5 Å². The Morgan fingerprint density at radius 2 is 1.81 bits per heavy atom. The predicted octanol–water partition coefficient (Wildman–Crippen LogP) is 7.39. The van der Waals surface area contributed by atoms with E-state index in [4.69, 9.17) is 11.6 Å². The number of phenols is 1. The third-order valence-electron chi connectivity index (χ3n) is 8.69. The summed E-state index contributed by atoms with van der Waals surface area (Å²) in [4.78, 5) is 14.8. The molecule has 1 saturated heterocycles. The molecule has 222 valence electrons. The third kappa shape index (κ3) is 6.13. The van der Waals surface area contributed by atoms with Gasteiger partial charge in [0.2, 0.25) is 0 Å². The van der Waals surface area contributed by atoms with Crippen LogP contribution in [-0.4, -0.2) is 39.9 Å². The monoisotopic (exact) mass is 590 g/mol. The van der Waals surface area contributed by atoms with Crippen molar-refractivity contribution in [3.63, 3.8) is 0 Å². The summed E-state index contributed by atoms with van der Waals surface area (Å²) in [6.07, 6.45) is 7.93. The van der Waals surface area contributed by atoms with E-state index in [1.165, 1.54) is 27.7 Å². The minimum absolute atomic E-state index is 0.0174. The number of imidazole rings is 1. The first kappa shape index (κ1) is 29.9. The van der Waals surface area contributed by atoms with Gasteiger partial charge in [-0.3, -0.25) is 4.57 Å². The van der Waals surface area contributed by atoms with Gasteiger partial charge in [-0.05, 0) is 85.2 Å². The normalized spacial score (nSPS) is 17.0. The second kappa shape index (κ2) is 12.4. The first-order chi connectivity index (χ1) is 20.1. The Morgan fingerprint density at radius 1 is 1.07 bits per heavy atom. The summed E-state index contributed by atoms with van der Waals surface area (Å²) in [5.74, 6) is -0.472. The molecule has 0 aliphatic carbocycles. The van der Waals surface area contributed by atoms with E-state index in [0.717, 1.165) is 50.1 Å². The SMILES string of the molecule is CC[C@]1(CCCNC(C)C)CCN(c2cccc(-c3cc(F)cc(-c4ccc(-n5ccn(C)c5=O)c(Cl)c4)c3O)c2)C1. The number of aromatic hydroxyl groups is 1. The molecule has 8 heteroatoms. The molecule has 0 bridgehead atoms. The van der Waals surface area contributed by atoms with Gasteiger partial charge in [-0.1, -0.05) is 50.6 Å². The van der Waals surface area contributed by atoms with E-state index in [2.05, 4.69) is 37.1 Å². The lowest BCUT2D eigenvalue weighted by molar-refractivity contribution is 0.277. The lowest BCUT2D eigenvalue weighted by atomic mass is 9.80. The first-order valence-electron chi connectivity index (χ1n) is 14.8. The summed E-state index contributed by atoms with van der Waals surface area (Å²) in [5, 5.41) is 15.2. The van der Waals surface area contributed by atoms with Gasteiger partial charge in [-0.25, -0.2) is 9.18 Å². The molecule has 3 aromatic carbocycles. The smallest absolute Gasteiger partial charge is 0.332 e. The van der Waals surface area contributed by atoms with Crippen LogP contribution < -0.4 is 15.9 Å². The molecule has 1 atom stereocenters. The molecule has 0 amide bonds. The molecule has 0 radical (unpaired) electrons. The molecule has 1 aromatic heterocycles. The Kier molecular flexibility index (Phi) is 8.81. The van der Waals surface area contributed by atoms with Crippen molar-refractivity contribution in [2.24, 2.45) is 12.5 Å². The zero-order valence-corrected chi connectivity index (χ0v) is 25.6. The fraction of sp³-hybridized carbons (Fsp3) is 0.382. The second-order valence-corrected chi connectivity index (χ2v) is 12.3. The Bertz CT molecular complexity index is 1630. The van der Waals surface area contributed by atoms with Gasteiger partial charge in [0.15, 0.2) is 0 Å². The van der Waals surface area contributed by atoms with Crippen LogP contribution in [0.4, 0.5) is 10.1 Å². The van der Waals surface area contributed by atoms with Crippen LogP contribution in [0.5, 0.6) is 5.75 Å². The van der Waals surface area contributed by atoms with Gasteiger partial charge in [0, 0.05) is 55.4 Å². The highest BCUT2D eigenvalue weighted by Crippen LogP contribution is 2.43. The number of benzene rings is 3. The Hall–Kier alpha value is -3.55. The molecular weight excluding hydrogens is 551 g/mol. The number of hydrogen-bond donors (Lipinski definition) is 2. The van der Waals surface area contributed by atoms with E-state index in [-0.39, 0.29) is 11.4 Å². The molecule has 2 N–H and O–H groups in total. The maximum atomic E-state index is 15.0. The van der Waals surface area contributed by atoms with Gasteiger partial charge in [0.25, 0.3) is 0 Å². The first-order valence-corrected chi connectivity index (χ1v) is 15.1. The van der Waals surface area contributed by atoms with Crippen molar-refractivity contribution >= 4 is 17.3 Å². The van der Waals surface area contributed by atoms with Crippen molar-refractivity contribution in [2.75, 3.05) is 24.5 Å². The molecule has 5 rings (SSSR count). The van der Waals surface area contributed by atoms with Gasteiger partial charge in [-0.2, -0.15) is 0 Å². The third-order valence-corrected chi connectivity index (χ3v) is 8.99. The van der Waals surface area contributed by atoms with Crippen LogP contribution in [0.25, 0.3) is 27.9 Å². The van der Waals surface area contributed by atoms with Crippen molar-refractivity contribution in [2.45, 2.75) is 52.5 Å². The highest BCUT2D eigenvalue weighted by atomic mass is 35.5. The van der Waals surface area contributed by atoms with Crippen LogP contribution in [0.3, 0.4) is 0 Å². The summed E-state index contributed by atoms with van der Waals surface area (Å²) in [6.45, 7) is 9.65. The maximum Gasteiger partial charge on any atom is 0.332 e. The van der Waals surface area contributed by atoms with Crippen molar-refractivity contribution in [1.29, 1.82) is 0 Å². The number of nitrogens with zero attached hydrogens (tertiary/aromatic N) is 3. The van der Waals surface area contributed by atoms with Gasteiger partial charge >= 0.3 is 5.69 Å². The number of halogens is 2. The largest absolute Gasteiger partial charge is 0.507 e. The number of nitrogens with one attached hydrogen (secondary N) is 1. The topological polar surface area (TPSA) is 62.4 Å². The minimum atomic E-state index is -0.455. The van der Waals surface area contributed by atoms with E-state index >= 15 is 4.39 Å². The van der Waals surface area contributed by atoms with E-state index in [9.17, 15) is 9.90 Å². The van der Waals surface area contributed by atoms with Crippen LogP contribution >= 0.6 is 11.6 Å².